The van der Waals surface area contributed by atoms with Gasteiger partial charge in [-0.1, -0.05) is 61.8 Å². The third-order valence-corrected chi connectivity index (χ3v) is 11.9. The van der Waals surface area contributed by atoms with Gasteiger partial charge in [-0.15, -0.1) is 0 Å². The van der Waals surface area contributed by atoms with Crippen LogP contribution in [0, 0.1) is 23.7 Å². The number of carbonyl (C=O) groups is 11. The zero-order valence-electron chi connectivity index (χ0n) is 42.7. The number of carboxylic acid groups (broad SMARTS) is 3. The van der Waals surface area contributed by atoms with E-state index in [4.69, 9.17) is 11.5 Å². The molecular weight excluding hydrogens is 969 g/mol. The molecule has 0 bridgehead atoms. The van der Waals surface area contributed by atoms with Gasteiger partial charge in [-0.25, -0.2) is 0 Å². The Bertz CT molecular complexity index is 1840. The third kappa shape index (κ3) is 25.7. The second kappa shape index (κ2) is 33.9. The first-order valence-electron chi connectivity index (χ1n) is 23.8. The normalized spacial score (nSPS) is 16.0. The van der Waals surface area contributed by atoms with Crippen molar-refractivity contribution in [3.8, 4) is 0 Å². The van der Waals surface area contributed by atoms with Gasteiger partial charge in [-0.2, -0.15) is 11.8 Å². The predicted octanol–water partition coefficient (Wildman–Crippen LogP) is -3.13. The van der Waals surface area contributed by atoms with Gasteiger partial charge in [0, 0.05) is 13.0 Å². The number of aliphatic hydroxyl groups is 2. The molecule has 0 heterocycles. The SMILES string of the molecule is CC[C@H](C)[C@H](NC(=O)[C@H](CCC(=O)O)NC(=O)[C@@H](N)CO)C(=O)N[C@@H](CC(=O)O)C(=O)N[C@@H](CC(C)C)[C@@H](O)CN[C@@H](CCSC)C(=O)N[C@H](C(=O)N[C@@H](CC(C)C)C(=O)N[C@@H](CC(=O)O)C(N)=O)C(C)C. The maximum atomic E-state index is 13.9. The first-order chi connectivity index (χ1) is 33.5. The standard InChI is InChI=1S/C45H80N10O16S/c1-10-24(8)37(55-41(67)27(11-12-33(58)59)49-39(65)25(46)20-56)45(71)53-31(18-35(62)63)43(69)50-28(15-21(2)3)32(57)19-48-26(13-14-72-9)40(66)54-36(23(6)7)44(70)52-30(16-22(4)5)42(68)51-29(38(47)64)17-34(60)61/h21-32,36-37,48,56-57H,10-20,46H2,1-9H3,(H2,47,64)(H,49,65)(H,50,69)(H,51,68)(H,52,70)(H,53,71)(H,54,66)(H,55,67)(H,58,59)(H,60,61)(H,62,63)/t24-,25-,26-,27-,28-,29-,30-,31-,32-,36-,37-/m0/s1. The van der Waals surface area contributed by atoms with Crippen LogP contribution < -0.4 is 54.0 Å². The number of amides is 8. The fraction of sp³-hybridized carbons (Fsp3) is 0.756. The van der Waals surface area contributed by atoms with E-state index < -0.39 is 170 Å². The highest BCUT2D eigenvalue weighted by atomic mass is 32.2. The van der Waals surface area contributed by atoms with Gasteiger partial charge in [0.1, 0.15) is 42.3 Å². The molecule has 11 atom stereocenters. The summed E-state index contributed by atoms with van der Waals surface area (Å²) in [5, 5.41) is 69.3. The number of carbonyl (C=O) groups excluding carboxylic acids is 8. The van der Waals surface area contributed by atoms with E-state index in [0.29, 0.717) is 5.75 Å². The number of thioether (sulfide) groups is 1. The van der Waals surface area contributed by atoms with E-state index in [2.05, 4.69) is 42.5 Å². The Morgan fingerprint density at radius 3 is 1.51 bits per heavy atom. The zero-order valence-corrected chi connectivity index (χ0v) is 43.5. The summed E-state index contributed by atoms with van der Waals surface area (Å²) in [6, 6.07) is -12.3. The van der Waals surface area contributed by atoms with Crippen molar-refractivity contribution in [2.24, 2.45) is 35.1 Å². The van der Waals surface area contributed by atoms with Crippen LogP contribution in [0.5, 0.6) is 0 Å². The van der Waals surface area contributed by atoms with Crippen LogP contribution in [0.4, 0.5) is 0 Å². The van der Waals surface area contributed by atoms with E-state index in [1.807, 2.05) is 0 Å². The molecule has 0 aliphatic heterocycles. The number of primary amides is 1. The number of carboxylic acids is 3. The first-order valence-corrected chi connectivity index (χ1v) is 25.2. The molecule has 17 N–H and O–H groups in total. The van der Waals surface area contributed by atoms with Crippen molar-refractivity contribution in [1.29, 1.82) is 0 Å². The number of nitrogens with two attached hydrogens (primary N) is 2. The minimum Gasteiger partial charge on any atom is -0.481 e. The molecular formula is C45H80N10O16S. The minimum absolute atomic E-state index is 0.0719. The molecule has 0 aromatic rings. The van der Waals surface area contributed by atoms with E-state index in [0.717, 1.165) is 0 Å². The average molecular weight is 1050 g/mol. The Kier molecular flexibility index (Phi) is 31.2. The van der Waals surface area contributed by atoms with E-state index in [1.54, 1.807) is 61.6 Å². The fourth-order valence-corrected chi connectivity index (χ4v) is 7.46. The van der Waals surface area contributed by atoms with E-state index in [-0.39, 0.29) is 44.1 Å². The quantitative estimate of drug-likeness (QED) is 0.0292. The molecule has 72 heavy (non-hydrogen) atoms. The molecule has 0 saturated carbocycles. The monoisotopic (exact) mass is 1050 g/mol. The Balaban J connectivity index is 6.47. The number of rotatable bonds is 37. The number of nitrogens with one attached hydrogen (secondary N) is 8. The lowest BCUT2D eigenvalue weighted by atomic mass is 9.96. The second-order valence-corrected chi connectivity index (χ2v) is 19.8. The summed E-state index contributed by atoms with van der Waals surface area (Å²) in [6.45, 7) is 12.5. The van der Waals surface area contributed by atoms with Gasteiger partial charge < -0.3 is 79.5 Å². The van der Waals surface area contributed by atoms with Gasteiger partial charge in [0.2, 0.25) is 47.3 Å². The van der Waals surface area contributed by atoms with Crippen molar-refractivity contribution < 1.29 is 78.3 Å². The lowest BCUT2D eigenvalue weighted by Crippen LogP contribution is -2.61. The summed E-state index contributed by atoms with van der Waals surface area (Å²) in [5.41, 5.74) is 10.8. The summed E-state index contributed by atoms with van der Waals surface area (Å²) in [6.07, 6.45) is -1.74. The Hall–Kier alpha value is -5.64. The molecule has 0 radical (unpaired) electrons. The number of aliphatic carboxylic acids is 3. The first kappa shape index (κ1) is 66.4. The van der Waals surface area contributed by atoms with Crippen LogP contribution in [0.15, 0.2) is 0 Å². The maximum absolute atomic E-state index is 13.9. The van der Waals surface area contributed by atoms with Crippen LogP contribution in [-0.2, 0) is 52.7 Å². The topological polar surface area (TPSA) is 437 Å². The smallest absolute Gasteiger partial charge is 0.305 e. The van der Waals surface area contributed by atoms with Crippen LogP contribution in [-0.4, -0.2) is 176 Å². The van der Waals surface area contributed by atoms with Crippen molar-refractivity contribution in [2.45, 2.75) is 167 Å². The van der Waals surface area contributed by atoms with Gasteiger partial charge >= 0.3 is 17.9 Å². The number of aliphatic hydroxyl groups excluding tert-OH is 2. The highest BCUT2D eigenvalue weighted by Crippen LogP contribution is 2.15. The van der Waals surface area contributed by atoms with Crippen molar-refractivity contribution >= 4 is 76.9 Å². The Labute approximate surface area is 424 Å². The molecule has 0 aliphatic carbocycles. The summed E-state index contributed by atoms with van der Waals surface area (Å²) >= 11 is 1.40. The maximum Gasteiger partial charge on any atom is 0.305 e. The number of hydrogen-bond acceptors (Lipinski definition) is 16. The average Bonchev–Trinajstić information content (AvgIpc) is 3.28. The molecule has 0 spiro atoms. The molecule has 0 rings (SSSR count). The Morgan fingerprint density at radius 2 is 1.03 bits per heavy atom. The highest BCUT2D eigenvalue weighted by Gasteiger charge is 2.37. The van der Waals surface area contributed by atoms with E-state index >= 15 is 0 Å². The molecule has 0 aromatic heterocycles. The van der Waals surface area contributed by atoms with Gasteiger partial charge in [-0.3, -0.25) is 52.7 Å². The molecule has 0 aliphatic rings. The highest BCUT2D eigenvalue weighted by molar-refractivity contribution is 7.98. The largest absolute Gasteiger partial charge is 0.481 e. The Morgan fingerprint density at radius 1 is 0.556 bits per heavy atom. The third-order valence-electron chi connectivity index (χ3n) is 11.3. The van der Waals surface area contributed by atoms with Crippen molar-refractivity contribution in [3.05, 3.63) is 0 Å². The number of hydrogen-bond donors (Lipinski definition) is 15. The van der Waals surface area contributed by atoms with Gasteiger partial charge in [0.15, 0.2) is 0 Å². The van der Waals surface area contributed by atoms with Crippen LogP contribution >= 0.6 is 11.8 Å². The van der Waals surface area contributed by atoms with E-state index in [9.17, 15) is 78.3 Å². The summed E-state index contributed by atoms with van der Waals surface area (Å²) < 4.78 is 0. The molecule has 0 fully saturated rings. The summed E-state index contributed by atoms with van der Waals surface area (Å²) in [7, 11) is 0. The van der Waals surface area contributed by atoms with Crippen LogP contribution in [0.2, 0.25) is 0 Å². The van der Waals surface area contributed by atoms with Gasteiger partial charge in [-0.05, 0) is 61.4 Å². The molecule has 0 saturated heterocycles. The molecule has 412 valence electrons. The van der Waals surface area contributed by atoms with Crippen molar-refractivity contribution in [2.75, 3.05) is 25.2 Å². The predicted molar refractivity (Wildman–Crippen MR) is 263 cm³/mol. The van der Waals surface area contributed by atoms with Gasteiger partial charge in [0.25, 0.3) is 0 Å². The van der Waals surface area contributed by atoms with Crippen molar-refractivity contribution in [3.63, 3.8) is 0 Å². The van der Waals surface area contributed by atoms with E-state index in [1.165, 1.54) is 11.8 Å². The molecule has 8 amide bonds. The lowest BCUT2D eigenvalue weighted by molar-refractivity contribution is -0.142. The fourth-order valence-electron chi connectivity index (χ4n) is 6.99. The molecule has 0 aromatic carbocycles. The minimum atomic E-state index is -1.77. The van der Waals surface area contributed by atoms with Gasteiger partial charge in [0.05, 0.1) is 37.6 Å². The molecule has 0 unspecified atom stereocenters. The van der Waals surface area contributed by atoms with Crippen molar-refractivity contribution in [1.82, 2.24) is 42.5 Å². The second-order valence-electron chi connectivity index (χ2n) is 18.9. The summed E-state index contributed by atoms with van der Waals surface area (Å²) in [5.74, 6) is -12.7. The van der Waals surface area contributed by atoms with Crippen LogP contribution in [0.1, 0.15) is 107 Å². The lowest BCUT2D eigenvalue weighted by Gasteiger charge is -2.31. The zero-order chi connectivity index (χ0) is 55.6. The summed E-state index contributed by atoms with van der Waals surface area (Å²) in [4.78, 5) is 141. The molecule has 27 heteroatoms. The molecule has 26 nitrogen and oxygen atoms in total. The van der Waals surface area contributed by atoms with Crippen LogP contribution in [0.25, 0.3) is 0 Å². The van der Waals surface area contributed by atoms with Crippen LogP contribution in [0.3, 0.4) is 0 Å².